The van der Waals surface area contributed by atoms with E-state index in [1.807, 2.05) is 20.8 Å². The summed E-state index contributed by atoms with van der Waals surface area (Å²) in [4.78, 5) is 11.0. The summed E-state index contributed by atoms with van der Waals surface area (Å²) in [5.41, 5.74) is 9.59. The highest BCUT2D eigenvalue weighted by atomic mass is 16.4. The molecule has 2 unspecified atom stereocenters. The molecule has 0 bridgehead atoms. The second-order valence-corrected chi connectivity index (χ2v) is 4.71. The number of carbonyl (C=O) groups is 1. The molecule has 0 rings (SSSR count). The quantitative estimate of drug-likeness (QED) is 0.615. The van der Waals surface area contributed by atoms with Gasteiger partial charge in [0, 0.05) is 0 Å². The number of rotatable bonds is 5. The normalized spacial score (nSPS) is 18.7. The third-order valence-corrected chi connectivity index (χ3v) is 3.61. The molecule has 0 aliphatic carbocycles. The summed E-state index contributed by atoms with van der Waals surface area (Å²) in [7, 11) is 0. The zero-order chi connectivity index (χ0) is 11.6. The zero-order valence-electron chi connectivity index (χ0n) is 9.50. The smallest absolute Gasteiger partial charge is 0.323 e. The van der Waals surface area contributed by atoms with E-state index in [2.05, 4.69) is 0 Å². The second-order valence-electron chi connectivity index (χ2n) is 4.71. The van der Waals surface area contributed by atoms with Crippen molar-refractivity contribution in [1.82, 2.24) is 0 Å². The van der Waals surface area contributed by atoms with Gasteiger partial charge in [-0.05, 0) is 31.2 Å². The van der Waals surface area contributed by atoms with Gasteiger partial charge in [0.25, 0.3) is 0 Å². The number of hydrogen-bond donors (Lipinski definition) is 3. The summed E-state index contributed by atoms with van der Waals surface area (Å²) in [5.74, 6) is -0.787. The molecule has 0 radical (unpaired) electrons. The molecular weight excluding hydrogens is 180 g/mol. The summed E-state index contributed by atoms with van der Waals surface area (Å²) in [6, 6.07) is 0. The molecule has 4 heteroatoms. The van der Waals surface area contributed by atoms with Crippen LogP contribution in [0.5, 0.6) is 0 Å². The molecule has 0 saturated heterocycles. The van der Waals surface area contributed by atoms with Crippen LogP contribution >= 0.6 is 0 Å². The van der Waals surface area contributed by atoms with Crippen molar-refractivity contribution >= 4 is 5.97 Å². The predicted molar refractivity (Wildman–Crippen MR) is 56.8 cm³/mol. The van der Waals surface area contributed by atoms with Crippen molar-refractivity contribution in [3.8, 4) is 0 Å². The molecule has 0 amide bonds. The Bertz CT molecular complexity index is 212. The van der Waals surface area contributed by atoms with Crippen molar-refractivity contribution in [2.24, 2.45) is 22.8 Å². The minimum atomic E-state index is -1.22. The molecule has 5 N–H and O–H groups in total. The van der Waals surface area contributed by atoms with Crippen LogP contribution in [0.25, 0.3) is 0 Å². The molecule has 4 nitrogen and oxygen atoms in total. The van der Waals surface area contributed by atoms with E-state index >= 15 is 0 Å². The van der Waals surface area contributed by atoms with Gasteiger partial charge in [-0.3, -0.25) is 4.79 Å². The van der Waals surface area contributed by atoms with E-state index < -0.39 is 16.9 Å². The van der Waals surface area contributed by atoms with E-state index in [-0.39, 0.29) is 5.92 Å². The van der Waals surface area contributed by atoms with Crippen LogP contribution in [-0.2, 0) is 4.79 Å². The molecular formula is C10H22N2O2. The van der Waals surface area contributed by atoms with Gasteiger partial charge in [0.15, 0.2) is 0 Å². The van der Waals surface area contributed by atoms with Crippen LogP contribution in [0.1, 0.15) is 34.1 Å². The summed E-state index contributed by atoms with van der Waals surface area (Å²) in [6.45, 7) is 7.85. The van der Waals surface area contributed by atoms with Gasteiger partial charge in [-0.1, -0.05) is 20.8 Å². The predicted octanol–water partition coefficient (Wildman–Crippen LogP) is 0.800. The second kappa shape index (κ2) is 4.28. The monoisotopic (exact) mass is 202 g/mol. The molecule has 0 spiro atoms. The Morgan fingerprint density at radius 2 is 1.86 bits per heavy atom. The van der Waals surface area contributed by atoms with Crippen molar-refractivity contribution in [2.75, 3.05) is 6.54 Å². The molecule has 0 saturated carbocycles. The van der Waals surface area contributed by atoms with Gasteiger partial charge in [-0.25, -0.2) is 0 Å². The first kappa shape index (κ1) is 13.4. The van der Waals surface area contributed by atoms with Crippen LogP contribution in [0, 0.1) is 11.3 Å². The summed E-state index contributed by atoms with van der Waals surface area (Å²) < 4.78 is 0. The minimum absolute atomic E-state index is 0.179. The van der Waals surface area contributed by atoms with Gasteiger partial charge in [0.2, 0.25) is 0 Å². The van der Waals surface area contributed by atoms with Crippen molar-refractivity contribution in [1.29, 1.82) is 0 Å². The lowest BCUT2D eigenvalue weighted by molar-refractivity contribution is -0.148. The maximum Gasteiger partial charge on any atom is 0.323 e. The molecule has 0 aliphatic heterocycles. The van der Waals surface area contributed by atoms with Crippen molar-refractivity contribution in [2.45, 2.75) is 39.7 Å². The third kappa shape index (κ3) is 2.25. The number of hydrogen-bond acceptors (Lipinski definition) is 3. The van der Waals surface area contributed by atoms with E-state index in [1.54, 1.807) is 6.92 Å². The van der Waals surface area contributed by atoms with Gasteiger partial charge in [-0.2, -0.15) is 0 Å². The molecule has 14 heavy (non-hydrogen) atoms. The van der Waals surface area contributed by atoms with Gasteiger partial charge < -0.3 is 16.6 Å². The first-order valence-corrected chi connectivity index (χ1v) is 4.90. The number of carboxylic acids is 1. The van der Waals surface area contributed by atoms with Gasteiger partial charge >= 0.3 is 5.97 Å². The standard InChI is InChI=1S/C10H22N2O2/c1-7(5-6-11)9(2,3)10(4,12)8(13)14/h7H,5-6,11-12H2,1-4H3,(H,13,14). The molecule has 0 aromatic heterocycles. The first-order valence-electron chi connectivity index (χ1n) is 4.90. The Morgan fingerprint density at radius 3 is 2.14 bits per heavy atom. The highest BCUT2D eigenvalue weighted by Crippen LogP contribution is 2.38. The lowest BCUT2D eigenvalue weighted by Gasteiger charge is -2.42. The average Bonchev–Trinajstić information content (AvgIpc) is 2.04. The van der Waals surface area contributed by atoms with Crippen LogP contribution in [0.2, 0.25) is 0 Å². The Kier molecular flexibility index (Phi) is 4.09. The van der Waals surface area contributed by atoms with E-state index in [0.717, 1.165) is 6.42 Å². The Hall–Kier alpha value is -0.610. The zero-order valence-corrected chi connectivity index (χ0v) is 9.50. The van der Waals surface area contributed by atoms with E-state index in [0.29, 0.717) is 6.54 Å². The van der Waals surface area contributed by atoms with Crippen LogP contribution in [0.3, 0.4) is 0 Å². The largest absolute Gasteiger partial charge is 0.480 e. The molecule has 0 aromatic rings. The van der Waals surface area contributed by atoms with Crippen LogP contribution in [0.15, 0.2) is 0 Å². The van der Waals surface area contributed by atoms with Crippen LogP contribution in [0.4, 0.5) is 0 Å². The topological polar surface area (TPSA) is 89.3 Å². The SMILES string of the molecule is CC(CCN)C(C)(C)C(C)(N)C(=O)O. The minimum Gasteiger partial charge on any atom is -0.480 e. The number of aliphatic carboxylic acids is 1. The van der Waals surface area contributed by atoms with Crippen molar-refractivity contribution in [3.63, 3.8) is 0 Å². The Balaban J connectivity index is 4.83. The fourth-order valence-electron chi connectivity index (χ4n) is 1.40. The number of carboxylic acid groups (broad SMARTS) is 1. The maximum atomic E-state index is 11.0. The lowest BCUT2D eigenvalue weighted by atomic mass is 9.65. The molecule has 0 fully saturated rings. The van der Waals surface area contributed by atoms with Crippen molar-refractivity contribution in [3.05, 3.63) is 0 Å². The van der Waals surface area contributed by atoms with E-state index in [9.17, 15) is 4.79 Å². The fraction of sp³-hybridized carbons (Fsp3) is 0.900. The summed E-state index contributed by atoms with van der Waals surface area (Å²) >= 11 is 0. The molecule has 0 aromatic carbocycles. The summed E-state index contributed by atoms with van der Waals surface area (Å²) in [6.07, 6.45) is 0.785. The summed E-state index contributed by atoms with van der Waals surface area (Å²) in [5, 5.41) is 9.04. The van der Waals surface area contributed by atoms with Gasteiger partial charge in [0.1, 0.15) is 5.54 Å². The van der Waals surface area contributed by atoms with Crippen LogP contribution in [-0.4, -0.2) is 23.2 Å². The highest BCUT2D eigenvalue weighted by molar-refractivity contribution is 5.79. The molecule has 84 valence electrons. The van der Waals surface area contributed by atoms with Crippen molar-refractivity contribution < 1.29 is 9.90 Å². The molecule has 0 aliphatic rings. The number of nitrogens with two attached hydrogens (primary N) is 2. The Labute approximate surface area is 85.7 Å². The van der Waals surface area contributed by atoms with Crippen LogP contribution < -0.4 is 11.5 Å². The highest BCUT2D eigenvalue weighted by Gasteiger charge is 2.46. The third-order valence-electron chi connectivity index (χ3n) is 3.61. The molecule has 0 heterocycles. The Morgan fingerprint density at radius 1 is 1.43 bits per heavy atom. The van der Waals surface area contributed by atoms with Gasteiger partial charge in [-0.15, -0.1) is 0 Å². The first-order chi connectivity index (χ1) is 6.17. The van der Waals surface area contributed by atoms with E-state index in [4.69, 9.17) is 16.6 Å². The maximum absolute atomic E-state index is 11.0. The van der Waals surface area contributed by atoms with E-state index in [1.165, 1.54) is 0 Å². The van der Waals surface area contributed by atoms with Gasteiger partial charge in [0.05, 0.1) is 0 Å². The molecule has 2 atom stereocenters. The fourth-order valence-corrected chi connectivity index (χ4v) is 1.40. The lowest BCUT2D eigenvalue weighted by Crippen LogP contribution is -2.59. The average molecular weight is 202 g/mol.